The van der Waals surface area contributed by atoms with Crippen molar-refractivity contribution in [3.05, 3.63) is 29.8 Å². The highest BCUT2D eigenvalue weighted by Crippen LogP contribution is 2.32. The van der Waals surface area contributed by atoms with E-state index in [-0.39, 0.29) is 24.3 Å². The lowest BCUT2D eigenvalue weighted by Gasteiger charge is -2.26. The second kappa shape index (κ2) is 7.99. The van der Waals surface area contributed by atoms with Crippen LogP contribution in [0.15, 0.2) is 24.3 Å². The lowest BCUT2D eigenvalue weighted by Crippen LogP contribution is -2.43. The van der Waals surface area contributed by atoms with E-state index in [2.05, 4.69) is 0 Å². The van der Waals surface area contributed by atoms with Crippen LogP contribution < -0.4 is 9.47 Å². The van der Waals surface area contributed by atoms with Crippen LogP contribution in [0.2, 0.25) is 0 Å². The Bertz CT molecular complexity index is 862. The third kappa shape index (κ3) is 4.79. The Morgan fingerprint density at radius 2 is 2.07 bits per heavy atom. The molecule has 1 fully saturated rings. The molecule has 3 rings (SSSR count). The molecule has 2 aliphatic rings. The van der Waals surface area contributed by atoms with Crippen molar-refractivity contribution in [2.45, 2.75) is 19.4 Å². The van der Waals surface area contributed by atoms with Crippen molar-refractivity contribution in [3.63, 3.8) is 0 Å². The third-order valence-corrected chi connectivity index (χ3v) is 6.21. The molecule has 1 saturated heterocycles. The molecule has 8 nitrogen and oxygen atoms in total. The molecule has 0 radical (unpaired) electrons. The minimum absolute atomic E-state index is 0.0372. The molecule has 1 unspecified atom stereocenters. The van der Waals surface area contributed by atoms with E-state index in [1.54, 1.807) is 31.2 Å². The summed E-state index contributed by atoms with van der Waals surface area (Å²) in [5.74, 6) is 0.240. The molecular weight excluding hydrogens is 374 g/mol. The number of carbonyl (C=O) groups excluding carboxylic acids is 2. The van der Waals surface area contributed by atoms with Gasteiger partial charge in [-0.25, -0.2) is 13.2 Å². The molecular formula is C18H21NO7S. The number of esters is 1. The maximum absolute atomic E-state index is 12.3. The van der Waals surface area contributed by atoms with E-state index in [4.69, 9.17) is 14.2 Å². The Morgan fingerprint density at radius 1 is 1.30 bits per heavy atom. The minimum Gasteiger partial charge on any atom is -0.454 e. The predicted octanol–water partition coefficient (Wildman–Crippen LogP) is 1.01. The Hall–Kier alpha value is -2.55. The summed E-state index contributed by atoms with van der Waals surface area (Å²) in [5, 5.41) is 0. The smallest absolute Gasteiger partial charge is 0.331 e. The van der Waals surface area contributed by atoms with Crippen molar-refractivity contribution in [1.29, 1.82) is 0 Å². The summed E-state index contributed by atoms with van der Waals surface area (Å²) < 4.78 is 38.6. The van der Waals surface area contributed by atoms with Crippen molar-refractivity contribution in [2.24, 2.45) is 0 Å². The van der Waals surface area contributed by atoms with Crippen molar-refractivity contribution >= 4 is 27.8 Å². The number of amides is 1. The molecule has 1 aromatic carbocycles. The van der Waals surface area contributed by atoms with Crippen LogP contribution >= 0.6 is 0 Å². The van der Waals surface area contributed by atoms with E-state index in [9.17, 15) is 18.0 Å². The second-order valence-electron chi connectivity index (χ2n) is 6.29. The standard InChI is InChI=1S/C18H21NO7S/c1-2-19(14-7-8-27(22,23)11-14)17(20)10-24-18(21)6-4-13-3-5-15-16(9-13)26-12-25-15/h3-6,9,14H,2,7-8,10-12H2,1H3. The van der Waals surface area contributed by atoms with Crippen LogP contribution in [0.25, 0.3) is 6.08 Å². The van der Waals surface area contributed by atoms with Gasteiger partial charge in [0.15, 0.2) is 27.9 Å². The fourth-order valence-corrected chi connectivity index (χ4v) is 4.84. The molecule has 0 N–H and O–H groups in total. The Balaban J connectivity index is 1.51. The topological polar surface area (TPSA) is 99.2 Å². The average molecular weight is 395 g/mol. The summed E-state index contributed by atoms with van der Waals surface area (Å²) >= 11 is 0. The fourth-order valence-electron chi connectivity index (χ4n) is 3.10. The minimum atomic E-state index is -3.09. The number of carbonyl (C=O) groups is 2. The first-order chi connectivity index (χ1) is 12.9. The highest BCUT2D eigenvalue weighted by molar-refractivity contribution is 7.91. The quantitative estimate of drug-likeness (QED) is 0.523. The molecule has 9 heteroatoms. The number of fused-ring (bicyclic) bond motifs is 1. The van der Waals surface area contributed by atoms with Gasteiger partial charge in [-0.3, -0.25) is 4.79 Å². The van der Waals surface area contributed by atoms with Crippen LogP contribution in [0.3, 0.4) is 0 Å². The molecule has 2 aliphatic heterocycles. The van der Waals surface area contributed by atoms with Gasteiger partial charge in [0, 0.05) is 18.7 Å². The van der Waals surface area contributed by atoms with Crippen LogP contribution in [0.1, 0.15) is 18.9 Å². The molecule has 0 aromatic heterocycles. The lowest BCUT2D eigenvalue weighted by atomic mass is 10.2. The Labute approximate surface area is 157 Å². The molecule has 0 aliphatic carbocycles. The third-order valence-electron chi connectivity index (χ3n) is 4.46. The van der Waals surface area contributed by atoms with Gasteiger partial charge in [0.2, 0.25) is 6.79 Å². The molecule has 1 aromatic rings. The van der Waals surface area contributed by atoms with E-state index < -0.39 is 28.3 Å². The van der Waals surface area contributed by atoms with Crippen LogP contribution in [0.5, 0.6) is 11.5 Å². The fraction of sp³-hybridized carbons (Fsp3) is 0.444. The molecule has 0 saturated carbocycles. The molecule has 1 atom stereocenters. The van der Waals surface area contributed by atoms with Crippen LogP contribution in [0, 0.1) is 0 Å². The van der Waals surface area contributed by atoms with Crippen LogP contribution in [-0.2, 0) is 24.2 Å². The number of rotatable bonds is 6. The van der Waals surface area contributed by atoms with Gasteiger partial charge in [0.25, 0.3) is 5.91 Å². The van der Waals surface area contributed by atoms with Gasteiger partial charge >= 0.3 is 5.97 Å². The van der Waals surface area contributed by atoms with E-state index in [0.717, 1.165) is 5.56 Å². The largest absolute Gasteiger partial charge is 0.454 e. The molecule has 2 heterocycles. The van der Waals surface area contributed by atoms with Crippen LogP contribution in [-0.4, -0.2) is 62.7 Å². The van der Waals surface area contributed by atoms with Crippen molar-refractivity contribution < 1.29 is 32.2 Å². The number of likely N-dealkylation sites (N-methyl/N-ethyl adjacent to an activating group) is 1. The zero-order valence-corrected chi connectivity index (χ0v) is 15.7. The van der Waals surface area contributed by atoms with Gasteiger partial charge in [0.05, 0.1) is 11.5 Å². The maximum atomic E-state index is 12.3. The summed E-state index contributed by atoms with van der Waals surface area (Å²) in [5.41, 5.74) is 0.730. The molecule has 0 spiro atoms. The first kappa shape index (κ1) is 19.2. The first-order valence-electron chi connectivity index (χ1n) is 8.62. The van der Waals surface area contributed by atoms with Crippen molar-refractivity contribution in [3.8, 4) is 11.5 Å². The molecule has 0 bridgehead atoms. The average Bonchev–Trinajstić information content (AvgIpc) is 3.24. The number of nitrogens with zero attached hydrogens (tertiary/aromatic N) is 1. The first-order valence-corrected chi connectivity index (χ1v) is 10.4. The zero-order chi connectivity index (χ0) is 19.4. The van der Waals surface area contributed by atoms with Crippen molar-refractivity contribution in [1.82, 2.24) is 4.90 Å². The monoisotopic (exact) mass is 395 g/mol. The number of ether oxygens (including phenoxy) is 3. The highest BCUT2D eigenvalue weighted by Gasteiger charge is 2.34. The van der Waals surface area contributed by atoms with Crippen molar-refractivity contribution in [2.75, 3.05) is 31.5 Å². The molecule has 1 amide bonds. The molecule has 27 heavy (non-hydrogen) atoms. The Morgan fingerprint density at radius 3 is 2.78 bits per heavy atom. The maximum Gasteiger partial charge on any atom is 0.331 e. The Kier molecular flexibility index (Phi) is 5.69. The predicted molar refractivity (Wildman–Crippen MR) is 97.0 cm³/mol. The number of sulfone groups is 1. The van der Waals surface area contributed by atoms with E-state index in [1.807, 2.05) is 0 Å². The van der Waals surface area contributed by atoms with Gasteiger partial charge in [-0.15, -0.1) is 0 Å². The summed E-state index contributed by atoms with van der Waals surface area (Å²) in [4.78, 5) is 25.6. The summed E-state index contributed by atoms with van der Waals surface area (Å²) in [6, 6.07) is 4.89. The van der Waals surface area contributed by atoms with E-state index in [0.29, 0.717) is 24.5 Å². The highest BCUT2D eigenvalue weighted by atomic mass is 32.2. The number of hydrogen-bond acceptors (Lipinski definition) is 7. The van der Waals surface area contributed by atoms with Crippen LogP contribution in [0.4, 0.5) is 0 Å². The summed E-state index contributed by atoms with van der Waals surface area (Å²) in [7, 11) is -3.09. The number of benzene rings is 1. The van der Waals surface area contributed by atoms with Gasteiger partial charge in [-0.05, 0) is 37.1 Å². The van der Waals surface area contributed by atoms with Gasteiger partial charge in [-0.2, -0.15) is 0 Å². The van der Waals surface area contributed by atoms with Gasteiger partial charge < -0.3 is 19.1 Å². The zero-order valence-electron chi connectivity index (χ0n) is 14.9. The summed E-state index contributed by atoms with van der Waals surface area (Å²) in [6.45, 7) is 1.88. The molecule has 146 valence electrons. The van der Waals surface area contributed by atoms with E-state index in [1.165, 1.54) is 11.0 Å². The summed E-state index contributed by atoms with van der Waals surface area (Å²) in [6.07, 6.45) is 3.19. The number of hydrogen-bond donors (Lipinski definition) is 0. The van der Waals surface area contributed by atoms with Gasteiger partial charge in [0.1, 0.15) is 0 Å². The van der Waals surface area contributed by atoms with Gasteiger partial charge in [-0.1, -0.05) is 6.07 Å². The normalized spacial score (nSPS) is 20.0. The SMILES string of the molecule is CCN(C(=O)COC(=O)C=Cc1ccc2c(c1)OCO2)C1CCS(=O)(=O)C1. The second-order valence-corrected chi connectivity index (χ2v) is 8.52. The van der Waals surface area contributed by atoms with E-state index >= 15 is 0 Å². The lowest BCUT2D eigenvalue weighted by molar-refractivity contribution is -0.149.